The molecule has 1 N–H and O–H groups in total. The van der Waals surface area contributed by atoms with E-state index in [4.69, 9.17) is 4.74 Å². The van der Waals surface area contributed by atoms with Crippen molar-refractivity contribution in [2.24, 2.45) is 0 Å². The summed E-state index contributed by atoms with van der Waals surface area (Å²) in [5, 5.41) is 0. The summed E-state index contributed by atoms with van der Waals surface area (Å²) < 4.78 is 18.8. The predicted octanol–water partition coefficient (Wildman–Crippen LogP) is 3.25. The predicted molar refractivity (Wildman–Crippen MR) is 113 cm³/mol. The van der Waals surface area contributed by atoms with E-state index in [2.05, 4.69) is 19.9 Å². The molecule has 0 saturated carbocycles. The Kier molecular flexibility index (Phi) is 4.91. The maximum Gasteiger partial charge on any atom is 0.254 e. The first-order chi connectivity index (χ1) is 15.2. The van der Waals surface area contributed by atoms with Crippen LogP contribution in [0.3, 0.4) is 0 Å². The summed E-state index contributed by atoms with van der Waals surface area (Å²) >= 11 is 0. The number of ether oxygens (including phenoxy) is 1. The van der Waals surface area contributed by atoms with Gasteiger partial charge in [0.15, 0.2) is 0 Å². The highest BCUT2D eigenvalue weighted by molar-refractivity contribution is 5.97. The maximum atomic E-state index is 13.1. The molecule has 1 aliphatic heterocycles. The van der Waals surface area contributed by atoms with Gasteiger partial charge in [-0.15, -0.1) is 0 Å². The molecule has 1 aliphatic rings. The summed E-state index contributed by atoms with van der Waals surface area (Å²) in [6.45, 7) is 2.34. The number of hydrogen-bond acceptors (Lipinski definition) is 6. The SMILES string of the molecule is O=C(c1ccc2nc[nH]c2c1)N1CCN(c2nccc(Oc3ccc(F)cc3)n2)CC1. The van der Waals surface area contributed by atoms with Gasteiger partial charge >= 0.3 is 0 Å². The molecule has 0 aliphatic carbocycles. The van der Waals surface area contributed by atoms with E-state index in [1.807, 2.05) is 21.9 Å². The molecular formula is C22H19FN6O2. The van der Waals surface area contributed by atoms with E-state index in [-0.39, 0.29) is 11.7 Å². The van der Waals surface area contributed by atoms with Crippen molar-refractivity contribution in [1.29, 1.82) is 0 Å². The Hall–Kier alpha value is -4.01. The molecular weight excluding hydrogens is 399 g/mol. The number of H-pyrrole nitrogens is 1. The molecule has 3 heterocycles. The Morgan fingerprint density at radius 1 is 1.00 bits per heavy atom. The van der Waals surface area contributed by atoms with E-state index in [0.29, 0.717) is 49.3 Å². The van der Waals surface area contributed by atoms with Gasteiger partial charge in [-0.25, -0.2) is 14.4 Å². The lowest BCUT2D eigenvalue weighted by Gasteiger charge is -2.34. The molecule has 2 aromatic heterocycles. The molecule has 0 spiro atoms. The van der Waals surface area contributed by atoms with Crippen LogP contribution in [0.2, 0.25) is 0 Å². The summed E-state index contributed by atoms with van der Waals surface area (Å²) in [7, 11) is 0. The number of piperazine rings is 1. The van der Waals surface area contributed by atoms with Crippen molar-refractivity contribution in [3.05, 3.63) is 72.4 Å². The van der Waals surface area contributed by atoms with Gasteiger partial charge in [-0.05, 0) is 42.5 Å². The van der Waals surface area contributed by atoms with E-state index in [9.17, 15) is 9.18 Å². The van der Waals surface area contributed by atoms with Gasteiger partial charge in [-0.1, -0.05) is 0 Å². The van der Waals surface area contributed by atoms with Gasteiger partial charge in [0.25, 0.3) is 5.91 Å². The molecule has 0 bridgehead atoms. The highest BCUT2D eigenvalue weighted by Crippen LogP contribution is 2.22. The average molecular weight is 418 g/mol. The smallest absolute Gasteiger partial charge is 0.254 e. The first-order valence-electron chi connectivity index (χ1n) is 9.89. The van der Waals surface area contributed by atoms with Crippen LogP contribution in [0.5, 0.6) is 11.6 Å². The Labute approximate surface area is 177 Å². The lowest BCUT2D eigenvalue weighted by Crippen LogP contribution is -2.49. The van der Waals surface area contributed by atoms with Gasteiger partial charge in [-0.2, -0.15) is 4.98 Å². The number of aromatic nitrogens is 4. The lowest BCUT2D eigenvalue weighted by atomic mass is 10.1. The highest BCUT2D eigenvalue weighted by Gasteiger charge is 2.24. The van der Waals surface area contributed by atoms with Crippen molar-refractivity contribution < 1.29 is 13.9 Å². The summed E-state index contributed by atoms with van der Waals surface area (Å²) in [4.78, 5) is 32.7. The summed E-state index contributed by atoms with van der Waals surface area (Å²) in [5.41, 5.74) is 2.31. The Morgan fingerprint density at radius 3 is 2.61 bits per heavy atom. The second kappa shape index (κ2) is 8.02. The van der Waals surface area contributed by atoms with Crippen LogP contribution >= 0.6 is 0 Å². The monoisotopic (exact) mass is 418 g/mol. The van der Waals surface area contributed by atoms with E-state index in [0.717, 1.165) is 11.0 Å². The van der Waals surface area contributed by atoms with Crippen LogP contribution in [0.1, 0.15) is 10.4 Å². The third-order valence-corrected chi connectivity index (χ3v) is 5.17. The quantitative estimate of drug-likeness (QED) is 0.548. The van der Waals surface area contributed by atoms with Crippen molar-refractivity contribution in [2.45, 2.75) is 0 Å². The van der Waals surface area contributed by atoms with E-state index < -0.39 is 0 Å². The number of fused-ring (bicyclic) bond motifs is 1. The van der Waals surface area contributed by atoms with Gasteiger partial charge in [0.2, 0.25) is 11.8 Å². The largest absolute Gasteiger partial charge is 0.439 e. The van der Waals surface area contributed by atoms with E-state index >= 15 is 0 Å². The fourth-order valence-corrected chi connectivity index (χ4v) is 3.53. The fraction of sp³-hybridized carbons (Fsp3) is 0.182. The van der Waals surface area contributed by atoms with Crippen molar-refractivity contribution in [3.8, 4) is 11.6 Å². The zero-order valence-corrected chi connectivity index (χ0v) is 16.5. The number of carbonyl (C=O) groups is 1. The second-order valence-electron chi connectivity index (χ2n) is 7.16. The first-order valence-corrected chi connectivity index (χ1v) is 9.89. The van der Waals surface area contributed by atoms with Gasteiger partial charge in [0, 0.05) is 44.0 Å². The minimum atomic E-state index is -0.326. The molecule has 156 valence electrons. The normalized spacial score (nSPS) is 14.1. The molecule has 9 heteroatoms. The Bertz CT molecular complexity index is 1220. The van der Waals surface area contributed by atoms with Crippen LogP contribution in [0.25, 0.3) is 11.0 Å². The standard InChI is InChI=1S/C22H19FN6O2/c23-16-2-4-17(5-3-16)31-20-7-8-24-22(27-20)29-11-9-28(10-12-29)21(30)15-1-6-18-19(13-15)26-14-25-18/h1-8,13-14H,9-12H2,(H,25,26). The number of nitrogens with one attached hydrogen (secondary N) is 1. The number of carbonyl (C=O) groups excluding carboxylic acids is 1. The molecule has 31 heavy (non-hydrogen) atoms. The summed E-state index contributed by atoms with van der Waals surface area (Å²) in [5.74, 6) is 1.07. The van der Waals surface area contributed by atoms with Gasteiger partial charge < -0.3 is 19.5 Å². The maximum absolute atomic E-state index is 13.1. The van der Waals surface area contributed by atoms with Crippen molar-refractivity contribution >= 4 is 22.9 Å². The second-order valence-corrected chi connectivity index (χ2v) is 7.16. The molecule has 8 nitrogen and oxygen atoms in total. The number of amides is 1. The van der Waals surface area contributed by atoms with Crippen LogP contribution in [0.15, 0.2) is 61.1 Å². The molecule has 2 aromatic carbocycles. The molecule has 0 atom stereocenters. The number of hydrogen-bond donors (Lipinski definition) is 1. The number of benzene rings is 2. The van der Waals surface area contributed by atoms with Crippen molar-refractivity contribution in [1.82, 2.24) is 24.8 Å². The Morgan fingerprint density at radius 2 is 1.81 bits per heavy atom. The summed E-state index contributed by atoms with van der Waals surface area (Å²) in [6.07, 6.45) is 3.24. The minimum absolute atomic E-state index is 0.00883. The lowest BCUT2D eigenvalue weighted by molar-refractivity contribution is 0.0746. The topological polar surface area (TPSA) is 87.2 Å². The molecule has 5 rings (SSSR count). The van der Waals surface area contributed by atoms with Gasteiger partial charge in [0.1, 0.15) is 11.6 Å². The first kappa shape index (κ1) is 19.0. The highest BCUT2D eigenvalue weighted by atomic mass is 19.1. The molecule has 1 fully saturated rings. The van der Waals surface area contributed by atoms with Crippen molar-refractivity contribution in [3.63, 3.8) is 0 Å². The van der Waals surface area contributed by atoms with E-state index in [1.165, 1.54) is 12.1 Å². The number of halogens is 1. The van der Waals surface area contributed by atoms with Crippen molar-refractivity contribution in [2.75, 3.05) is 31.1 Å². The molecule has 0 radical (unpaired) electrons. The molecule has 1 amide bonds. The van der Waals surface area contributed by atoms with Crippen LogP contribution < -0.4 is 9.64 Å². The van der Waals surface area contributed by atoms with Crippen LogP contribution in [0.4, 0.5) is 10.3 Å². The van der Waals surface area contributed by atoms with Crippen LogP contribution in [-0.2, 0) is 0 Å². The molecule has 0 unspecified atom stereocenters. The number of rotatable bonds is 4. The number of aromatic amines is 1. The van der Waals surface area contributed by atoms with Gasteiger partial charge in [0.05, 0.1) is 17.4 Å². The summed E-state index contributed by atoms with van der Waals surface area (Å²) in [6, 6.07) is 12.9. The molecule has 4 aromatic rings. The van der Waals surface area contributed by atoms with Crippen LogP contribution in [0, 0.1) is 5.82 Å². The zero-order chi connectivity index (χ0) is 21.2. The van der Waals surface area contributed by atoms with Gasteiger partial charge in [-0.3, -0.25) is 4.79 Å². The third kappa shape index (κ3) is 4.02. The van der Waals surface area contributed by atoms with E-state index in [1.54, 1.807) is 36.8 Å². The minimum Gasteiger partial charge on any atom is -0.439 e. The third-order valence-electron chi connectivity index (χ3n) is 5.17. The zero-order valence-electron chi connectivity index (χ0n) is 16.5. The number of imidazole rings is 1. The number of nitrogens with zero attached hydrogens (tertiary/aromatic N) is 5. The van der Waals surface area contributed by atoms with Crippen LogP contribution in [-0.4, -0.2) is 56.9 Å². The average Bonchev–Trinajstić information content (AvgIpc) is 3.28. The Balaban J connectivity index is 1.23. The number of anilines is 1. The fourth-order valence-electron chi connectivity index (χ4n) is 3.53. The molecule has 1 saturated heterocycles.